The third kappa shape index (κ3) is 2.58. The summed E-state index contributed by atoms with van der Waals surface area (Å²) in [6, 6.07) is 4.69. The van der Waals surface area contributed by atoms with Gasteiger partial charge in [0.2, 0.25) is 11.8 Å². The molecule has 4 aliphatic carbocycles. The minimum absolute atomic E-state index is 0.0288. The highest BCUT2D eigenvalue weighted by atomic mass is 19.4. The van der Waals surface area contributed by atoms with Gasteiger partial charge in [-0.3, -0.25) is 24.2 Å². The first-order chi connectivity index (χ1) is 14.1. The highest BCUT2D eigenvalue weighted by Gasteiger charge is 2.67. The van der Waals surface area contributed by atoms with E-state index < -0.39 is 42.4 Å². The Balaban J connectivity index is 1.50. The Kier molecular flexibility index (Phi) is 3.98. The molecule has 5 nitrogen and oxygen atoms in total. The van der Waals surface area contributed by atoms with Gasteiger partial charge >= 0.3 is 12.1 Å². The van der Waals surface area contributed by atoms with E-state index in [2.05, 4.69) is 0 Å². The highest BCUT2D eigenvalue weighted by molar-refractivity contribution is 6.07. The lowest BCUT2D eigenvalue weighted by atomic mass is 9.63. The normalized spacial score (nSPS) is 33.6. The van der Waals surface area contributed by atoms with Gasteiger partial charge in [-0.15, -0.1) is 0 Å². The van der Waals surface area contributed by atoms with Gasteiger partial charge in [-0.05, 0) is 61.1 Å². The Morgan fingerprint density at radius 1 is 1.07 bits per heavy atom. The van der Waals surface area contributed by atoms with Crippen LogP contribution in [-0.4, -0.2) is 35.5 Å². The summed E-state index contributed by atoms with van der Waals surface area (Å²) in [5.41, 5.74) is 1.26. The smallest absolute Gasteiger partial charge is 0.286 e. The molecule has 30 heavy (non-hydrogen) atoms. The Morgan fingerprint density at radius 2 is 1.63 bits per heavy atom. The second kappa shape index (κ2) is 6.18. The van der Waals surface area contributed by atoms with Gasteiger partial charge in [0.1, 0.15) is 6.67 Å². The van der Waals surface area contributed by atoms with Crippen LogP contribution < -0.4 is 4.90 Å². The Bertz CT molecular complexity index is 966. The van der Waals surface area contributed by atoms with Crippen molar-refractivity contribution in [3.05, 3.63) is 41.5 Å². The molecule has 6 atom stereocenters. The minimum atomic E-state index is -5.13. The number of nitrogens with zero attached hydrogens (tertiary/aromatic N) is 2. The van der Waals surface area contributed by atoms with Crippen molar-refractivity contribution in [3.8, 4) is 0 Å². The molecule has 2 saturated carbocycles. The summed E-state index contributed by atoms with van der Waals surface area (Å²) >= 11 is 0. The van der Waals surface area contributed by atoms with Crippen LogP contribution in [0.25, 0.3) is 0 Å². The van der Waals surface area contributed by atoms with E-state index in [1.54, 1.807) is 26.0 Å². The summed E-state index contributed by atoms with van der Waals surface area (Å²) in [6.45, 7) is 2.62. The lowest BCUT2D eigenvalue weighted by Crippen LogP contribution is -2.49. The number of aryl methyl sites for hydroxylation is 1. The molecule has 1 aromatic rings. The van der Waals surface area contributed by atoms with Gasteiger partial charge in [-0.25, -0.2) is 0 Å². The number of carbonyl (C=O) groups excluding carboxylic acids is 3. The molecule has 0 aromatic heterocycles. The second-order valence-electron chi connectivity index (χ2n) is 8.85. The third-order valence-corrected chi connectivity index (χ3v) is 7.39. The van der Waals surface area contributed by atoms with Gasteiger partial charge in [0.25, 0.3) is 0 Å². The molecule has 158 valence electrons. The molecular weight excluding hydrogens is 397 g/mol. The molecule has 0 N–H and O–H groups in total. The van der Waals surface area contributed by atoms with Crippen molar-refractivity contribution >= 4 is 23.4 Å². The van der Waals surface area contributed by atoms with Crippen LogP contribution in [0.2, 0.25) is 0 Å². The van der Waals surface area contributed by atoms with E-state index in [9.17, 15) is 27.6 Å². The number of anilines is 1. The van der Waals surface area contributed by atoms with Crippen LogP contribution in [0.3, 0.4) is 0 Å². The number of alkyl halides is 3. The number of allylic oxidation sites excluding steroid dienone is 2. The fourth-order valence-corrected chi connectivity index (χ4v) is 5.73. The summed E-state index contributed by atoms with van der Waals surface area (Å²) in [5, 5.41) is 0. The van der Waals surface area contributed by atoms with Crippen molar-refractivity contribution in [2.45, 2.75) is 26.4 Å². The fourth-order valence-electron chi connectivity index (χ4n) is 5.73. The van der Waals surface area contributed by atoms with Crippen molar-refractivity contribution in [1.29, 1.82) is 0 Å². The molecule has 3 amide bonds. The molecular formula is C22H21F3N2O3. The molecule has 0 spiro atoms. The number of likely N-dealkylation sites (tertiary alicyclic amines) is 1. The predicted molar refractivity (Wildman–Crippen MR) is 101 cm³/mol. The molecule has 1 saturated heterocycles. The number of rotatable bonds is 3. The lowest BCUT2D eigenvalue weighted by molar-refractivity contribution is -0.171. The number of halogens is 3. The molecule has 1 aliphatic heterocycles. The summed E-state index contributed by atoms with van der Waals surface area (Å²) in [5.74, 6) is -3.31. The summed E-state index contributed by atoms with van der Waals surface area (Å²) in [4.78, 5) is 40.0. The average Bonchev–Trinajstić information content (AvgIpc) is 3.47. The van der Waals surface area contributed by atoms with E-state index >= 15 is 0 Å². The number of amides is 3. The summed E-state index contributed by atoms with van der Waals surface area (Å²) < 4.78 is 40.1. The summed E-state index contributed by atoms with van der Waals surface area (Å²) in [6.07, 6.45) is -0.135. The summed E-state index contributed by atoms with van der Waals surface area (Å²) in [7, 11) is 0. The quantitative estimate of drug-likeness (QED) is 0.560. The van der Waals surface area contributed by atoms with Crippen molar-refractivity contribution in [2.24, 2.45) is 35.5 Å². The number of carbonyl (C=O) groups is 3. The van der Waals surface area contributed by atoms with Crippen molar-refractivity contribution in [2.75, 3.05) is 11.6 Å². The van der Waals surface area contributed by atoms with Gasteiger partial charge < -0.3 is 0 Å². The van der Waals surface area contributed by atoms with Crippen molar-refractivity contribution in [3.63, 3.8) is 0 Å². The predicted octanol–water partition coefficient (Wildman–Crippen LogP) is 3.21. The molecule has 5 aliphatic rings. The molecule has 8 heteroatoms. The number of hydrogen-bond donors (Lipinski definition) is 0. The molecule has 0 unspecified atom stereocenters. The van der Waals surface area contributed by atoms with Crippen molar-refractivity contribution < 1.29 is 27.6 Å². The maximum absolute atomic E-state index is 13.4. The SMILES string of the molecule is Cc1cccc(N(CN2C(=O)[C@@H]3[C@H]4C=C[C@@H]([C@@H]5C[C@H]45)[C@H]3C2=O)C(=O)C(F)(F)F)c1C. The van der Waals surface area contributed by atoms with E-state index in [0.717, 1.165) is 11.3 Å². The first-order valence-corrected chi connectivity index (χ1v) is 10.1. The van der Waals surface area contributed by atoms with E-state index in [0.29, 0.717) is 27.9 Å². The van der Waals surface area contributed by atoms with Gasteiger partial charge in [0, 0.05) is 5.69 Å². The van der Waals surface area contributed by atoms with Crippen LogP contribution in [0.15, 0.2) is 30.4 Å². The Morgan fingerprint density at radius 3 is 2.17 bits per heavy atom. The molecule has 6 rings (SSSR count). The minimum Gasteiger partial charge on any atom is -0.286 e. The maximum atomic E-state index is 13.4. The highest BCUT2D eigenvalue weighted by Crippen LogP contribution is 2.65. The van der Waals surface area contributed by atoms with Crippen molar-refractivity contribution in [1.82, 2.24) is 4.90 Å². The van der Waals surface area contributed by atoms with Gasteiger partial charge in [-0.2, -0.15) is 13.2 Å². The van der Waals surface area contributed by atoms with Gasteiger partial charge in [-0.1, -0.05) is 24.3 Å². The van der Waals surface area contributed by atoms with Crippen LogP contribution in [-0.2, 0) is 14.4 Å². The maximum Gasteiger partial charge on any atom is 0.471 e. The van der Waals surface area contributed by atoms with Crippen LogP contribution in [0.4, 0.5) is 18.9 Å². The first kappa shape index (κ1) is 19.3. The monoisotopic (exact) mass is 418 g/mol. The number of benzene rings is 1. The second-order valence-corrected chi connectivity index (χ2v) is 8.85. The van der Waals surface area contributed by atoms with Gasteiger partial charge in [0.15, 0.2) is 0 Å². The standard InChI is InChI=1S/C22H21F3N2O3/c1-10-4-3-5-16(11(10)2)26(21(30)22(23,24)25)9-27-19(28)17-12-6-7-13(15-8-14(12)15)18(17)20(27)29/h3-7,12-15,17-18H,8-9H2,1-2H3/t12-,13-,14-,15+,17+,18+/m0/s1. The van der Waals surface area contributed by atoms with E-state index in [4.69, 9.17) is 0 Å². The molecule has 1 aromatic carbocycles. The van der Waals surface area contributed by atoms with Crippen LogP contribution >= 0.6 is 0 Å². The van der Waals surface area contributed by atoms with E-state index in [1.165, 1.54) is 6.07 Å². The zero-order valence-corrected chi connectivity index (χ0v) is 16.5. The average molecular weight is 418 g/mol. The molecule has 3 fully saturated rings. The zero-order chi connectivity index (χ0) is 21.5. The molecule has 0 radical (unpaired) electrons. The largest absolute Gasteiger partial charge is 0.471 e. The topological polar surface area (TPSA) is 57.7 Å². The van der Waals surface area contributed by atoms with Gasteiger partial charge in [0.05, 0.1) is 11.8 Å². The molecule has 1 heterocycles. The molecule has 2 bridgehead atoms. The van der Waals surface area contributed by atoms with Crippen LogP contribution in [0.1, 0.15) is 17.5 Å². The Labute approximate surface area is 171 Å². The van der Waals surface area contributed by atoms with Crippen LogP contribution in [0.5, 0.6) is 0 Å². The number of hydrogen-bond acceptors (Lipinski definition) is 3. The zero-order valence-electron chi connectivity index (χ0n) is 16.5. The Hall–Kier alpha value is -2.64. The van der Waals surface area contributed by atoms with E-state index in [-0.39, 0.29) is 17.5 Å². The van der Waals surface area contributed by atoms with Crippen LogP contribution in [0, 0.1) is 49.4 Å². The fraction of sp³-hybridized carbons (Fsp3) is 0.500. The van der Waals surface area contributed by atoms with E-state index in [1.807, 2.05) is 12.2 Å². The third-order valence-electron chi connectivity index (χ3n) is 7.39. The number of imide groups is 1. The lowest BCUT2D eigenvalue weighted by Gasteiger charge is -2.37. The first-order valence-electron chi connectivity index (χ1n) is 10.1.